The monoisotopic (exact) mass is 411 g/mol. The van der Waals surface area contributed by atoms with E-state index >= 15 is 0 Å². The smallest absolute Gasteiger partial charge is 0.230 e. The number of carbonyl (C=O) groups excluding carboxylic acids is 1. The van der Waals surface area contributed by atoms with E-state index in [4.69, 9.17) is 4.74 Å². The molecule has 2 aromatic heterocycles. The summed E-state index contributed by atoms with van der Waals surface area (Å²) in [6.07, 6.45) is 4.34. The minimum absolute atomic E-state index is 0.0175. The Bertz CT molecular complexity index is 928. The number of nitrogens with zero attached hydrogens (tertiary/aromatic N) is 4. The SMILES string of the molecule is CCOc1ccc(-n2c(SCC(=O)N[C@H](C)CC)nnc2-c2ccncc2)cc1. The Morgan fingerprint density at radius 1 is 1.14 bits per heavy atom. The summed E-state index contributed by atoms with van der Waals surface area (Å²) in [5, 5.41) is 12.4. The summed E-state index contributed by atoms with van der Waals surface area (Å²) in [5.41, 5.74) is 1.80. The van der Waals surface area contributed by atoms with Gasteiger partial charge in [-0.1, -0.05) is 18.7 Å². The van der Waals surface area contributed by atoms with Crippen molar-refractivity contribution in [3.05, 3.63) is 48.8 Å². The Labute approximate surface area is 174 Å². The molecule has 0 unspecified atom stereocenters. The van der Waals surface area contributed by atoms with Crippen LogP contribution in [0.15, 0.2) is 53.9 Å². The fourth-order valence-electron chi connectivity index (χ4n) is 2.69. The zero-order valence-electron chi connectivity index (χ0n) is 16.8. The second-order valence-electron chi connectivity index (χ2n) is 6.47. The molecule has 0 saturated carbocycles. The van der Waals surface area contributed by atoms with E-state index in [1.807, 2.05) is 61.7 Å². The van der Waals surface area contributed by atoms with Crippen LogP contribution in [0, 0.1) is 0 Å². The van der Waals surface area contributed by atoms with E-state index in [-0.39, 0.29) is 17.7 Å². The molecule has 0 aliphatic heterocycles. The van der Waals surface area contributed by atoms with Crippen molar-refractivity contribution in [1.82, 2.24) is 25.1 Å². The molecule has 29 heavy (non-hydrogen) atoms. The van der Waals surface area contributed by atoms with Gasteiger partial charge in [-0.15, -0.1) is 10.2 Å². The predicted octanol–water partition coefficient (Wildman–Crippen LogP) is 3.73. The van der Waals surface area contributed by atoms with Crippen LogP contribution >= 0.6 is 11.8 Å². The number of rotatable bonds is 9. The van der Waals surface area contributed by atoms with Crippen molar-refractivity contribution in [2.75, 3.05) is 12.4 Å². The largest absolute Gasteiger partial charge is 0.494 e. The molecule has 0 aliphatic rings. The first-order valence-electron chi connectivity index (χ1n) is 9.63. The van der Waals surface area contributed by atoms with Crippen LogP contribution < -0.4 is 10.1 Å². The lowest BCUT2D eigenvalue weighted by Gasteiger charge is -2.13. The summed E-state index contributed by atoms with van der Waals surface area (Å²) >= 11 is 1.36. The van der Waals surface area contributed by atoms with E-state index in [0.717, 1.165) is 23.4 Å². The number of thioether (sulfide) groups is 1. The maximum Gasteiger partial charge on any atom is 0.230 e. The molecule has 0 aliphatic carbocycles. The Balaban J connectivity index is 1.90. The number of amides is 1. The lowest BCUT2D eigenvalue weighted by atomic mass is 10.2. The molecule has 0 saturated heterocycles. The summed E-state index contributed by atoms with van der Waals surface area (Å²) < 4.78 is 7.49. The second-order valence-corrected chi connectivity index (χ2v) is 7.41. The average Bonchev–Trinajstić information content (AvgIpc) is 3.17. The van der Waals surface area contributed by atoms with Crippen molar-refractivity contribution in [1.29, 1.82) is 0 Å². The highest BCUT2D eigenvalue weighted by Crippen LogP contribution is 2.28. The Hall–Kier alpha value is -2.87. The molecular weight excluding hydrogens is 386 g/mol. The first-order valence-corrected chi connectivity index (χ1v) is 10.6. The molecule has 1 aromatic carbocycles. The van der Waals surface area contributed by atoms with Crippen molar-refractivity contribution >= 4 is 17.7 Å². The van der Waals surface area contributed by atoms with Crippen LogP contribution in [0.2, 0.25) is 0 Å². The Morgan fingerprint density at radius 2 is 1.86 bits per heavy atom. The average molecular weight is 412 g/mol. The topological polar surface area (TPSA) is 81.9 Å². The highest BCUT2D eigenvalue weighted by Gasteiger charge is 2.17. The van der Waals surface area contributed by atoms with Gasteiger partial charge in [-0.25, -0.2) is 0 Å². The van der Waals surface area contributed by atoms with Crippen LogP contribution in [0.5, 0.6) is 5.75 Å². The Morgan fingerprint density at radius 3 is 2.52 bits per heavy atom. The molecule has 3 rings (SSSR count). The van der Waals surface area contributed by atoms with Crippen molar-refractivity contribution in [3.8, 4) is 22.8 Å². The van der Waals surface area contributed by atoms with Gasteiger partial charge in [0, 0.05) is 29.7 Å². The third-order valence-electron chi connectivity index (χ3n) is 4.33. The standard InChI is InChI=1S/C21H25N5O2S/c1-4-15(3)23-19(27)14-29-21-25-24-20(16-10-12-22-13-11-16)26(21)17-6-8-18(9-7-17)28-5-2/h6-13,15H,4-5,14H2,1-3H3,(H,23,27)/t15-/m1/s1. The van der Waals surface area contributed by atoms with E-state index < -0.39 is 0 Å². The van der Waals surface area contributed by atoms with Gasteiger partial charge in [0.15, 0.2) is 11.0 Å². The van der Waals surface area contributed by atoms with Gasteiger partial charge in [0.1, 0.15) is 5.75 Å². The molecule has 0 radical (unpaired) electrons. The third kappa shape index (κ3) is 5.35. The highest BCUT2D eigenvalue weighted by molar-refractivity contribution is 7.99. The van der Waals surface area contributed by atoms with Crippen molar-refractivity contribution in [2.24, 2.45) is 0 Å². The number of aromatic nitrogens is 4. The fraction of sp³-hybridized carbons (Fsp3) is 0.333. The van der Waals surface area contributed by atoms with Gasteiger partial charge < -0.3 is 10.1 Å². The maximum absolute atomic E-state index is 12.2. The van der Waals surface area contributed by atoms with E-state index in [0.29, 0.717) is 17.6 Å². The maximum atomic E-state index is 12.2. The lowest BCUT2D eigenvalue weighted by Crippen LogP contribution is -2.33. The number of benzene rings is 1. The normalized spacial score (nSPS) is 11.8. The molecule has 0 fully saturated rings. The van der Waals surface area contributed by atoms with E-state index in [9.17, 15) is 4.79 Å². The summed E-state index contributed by atoms with van der Waals surface area (Å²) in [4.78, 5) is 16.3. The van der Waals surface area contributed by atoms with Crippen LogP contribution in [0.3, 0.4) is 0 Å². The molecule has 1 atom stereocenters. The molecule has 152 valence electrons. The summed E-state index contributed by atoms with van der Waals surface area (Å²) in [7, 11) is 0. The minimum atomic E-state index is -0.0175. The molecule has 1 amide bonds. The first-order chi connectivity index (χ1) is 14.1. The summed E-state index contributed by atoms with van der Waals surface area (Å²) in [6.45, 7) is 6.60. The molecule has 0 bridgehead atoms. The molecule has 8 heteroatoms. The van der Waals surface area contributed by atoms with E-state index in [1.165, 1.54) is 11.8 Å². The number of hydrogen-bond donors (Lipinski definition) is 1. The third-order valence-corrected chi connectivity index (χ3v) is 5.26. The van der Waals surface area contributed by atoms with Crippen LogP contribution in [0.1, 0.15) is 27.2 Å². The molecule has 1 N–H and O–H groups in total. The Kier molecular flexibility index (Phi) is 7.24. The van der Waals surface area contributed by atoms with E-state index in [1.54, 1.807) is 12.4 Å². The van der Waals surface area contributed by atoms with Crippen molar-refractivity contribution < 1.29 is 9.53 Å². The van der Waals surface area contributed by atoms with Crippen LogP contribution in [-0.2, 0) is 4.79 Å². The van der Waals surface area contributed by atoms with Crippen LogP contribution in [-0.4, -0.2) is 44.1 Å². The first kappa shape index (κ1) is 20.9. The molecular formula is C21H25N5O2S. The van der Waals surface area contributed by atoms with Crippen molar-refractivity contribution in [2.45, 2.75) is 38.4 Å². The van der Waals surface area contributed by atoms with Crippen LogP contribution in [0.4, 0.5) is 0 Å². The second kappa shape index (κ2) is 10.1. The van der Waals surface area contributed by atoms with Crippen molar-refractivity contribution in [3.63, 3.8) is 0 Å². The van der Waals surface area contributed by atoms with Gasteiger partial charge in [0.2, 0.25) is 5.91 Å². The van der Waals surface area contributed by atoms with Gasteiger partial charge in [0.25, 0.3) is 0 Å². The molecule has 7 nitrogen and oxygen atoms in total. The van der Waals surface area contributed by atoms with Gasteiger partial charge in [-0.05, 0) is 56.7 Å². The minimum Gasteiger partial charge on any atom is -0.494 e. The number of nitrogens with one attached hydrogen (secondary N) is 1. The zero-order chi connectivity index (χ0) is 20.6. The van der Waals surface area contributed by atoms with Gasteiger partial charge in [-0.3, -0.25) is 14.3 Å². The van der Waals surface area contributed by atoms with Gasteiger partial charge in [0.05, 0.1) is 12.4 Å². The van der Waals surface area contributed by atoms with Gasteiger partial charge in [-0.2, -0.15) is 0 Å². The predicted molar refractivity (Wildman–Crippen MR) is 114 cm³/mol. The number of pyridine rings is 1. The van der Waals surface area contributed by atoms with E-state index in [2.05, 4.69) is 20.5 Å². The quantitative estimate of drug-likeness (QED) is 0.540. The number of ether oxygens (including phenoxy) is 1. The number of carbonyl (C=O) groups is 1. The van der Waals surface area contributed by atoms with Gasteiger partial charge >= 0.3 is 0 Å². The highest BCUT2D eigenvalue weighted by atomic mass is 32.2. The fourth-order valence-corrected chi connectivity index (χ4v) is 3.45. The molecule has 2 heterocycles. The molecule has 3 aromatic rings. The zero-order valence-corrected chi connectivity index (χ0v) is 17.6. The lowest BCUT2D eigenvalue weighted by molar-refractivity contribution is -0.119. The number of hydrogen-bond acceptors (Lipinski definition) is 6. The molecule has 0 spiro atoms. The van der Waals surface area contributed by atoms with Crippen LogP contribution in [0.25, 0.3) is 17.1 Å². The summed E-state index contributed by atoms with van der Waals surface area (Å²) in [6, 6.07) is 11.7. The summed E-state index contributed by atoms with van der Waals surface area (Å²) in [5.74, 6) is 1.75.